The number of aryl methyl sites for hydroxylation is 1. The van der Waals surface area contributed by atoms with Gasteiger partial charge in [-0.3, -0.25) is 0 Å². The monoisotopic (exact) mass is 441 g/mol. The van der Waals surface area contributed by atoms with Gasteiger partial charge in [0, 0.05) is 34.3 Å². The third kappa shape index (κ3) is 3.07. The second-order valence-corrected chi connectivity index (χ2v) is 9.03. The first kappa shape index (κ1) is 19.4. The maximum absolute atomic E-state index is 11.0. The molecule has 7 nitrogen and oxygen atoms in total. The normalized spacial score (nSPS) is 24.0. The molecule has 154 valence electrons. The number of fused-ring (bicyclic) bond motifs is 1. The summed E-state index contributed by atoms with van der Waals surface area (Å²) < 4.78 is 1.90. The predicted octanol–water partition coefficient (Wildman–Crippen LogP) is 3.55. The first-order valence-electron chi connectivity index (χ1n) is 9.58. The van der Waals surface area contributed by atoms with Gasteiger partial charge in [0.1, 0.15) is 28.9 Å². The lowest BCUT2D eigenvalue weighted by atomic mass is 9.94. The summed E-state index contributed by atoms with van der Waals surface area (Å²) in [5.74, 6) is 0.112. The van der Waals surface area contributed by atoms with Gasteiger partial charge >= 0.3 is 0 Å². The van der Waals surface area contributed by atoms with Gasteiger partial charge in [0.15, 0.2) is 0 Å². The van der Waals surface area contributed by atoms with Gasteiger partial charge in [-0.05, 0) is 36.6 Å². The fourth-order valence-corrected chi connectivity index (χ4v) is 5.43. The zero-order valence-electron chi connectivity index (χ0n) is 16.1. The SMILES string of the molecule is Cc1cc(Cl)cc([C@H]2C[C@@H](n3cc(-c4nccs4)c4c(N)ncnc43)[C@H](O)[C@@H]2O)c1. The minimum atomic E-state index is -0.967. The van der Waals surface area contributed by atoms with E-state index >= 15 is 0 Å². The Kier molecular flexibility index (Phi) is 4.74. The topological polar surface area (TPSA) is 110 Å². The molecular formula is C21H20ClN5O2S. The van der Waals surface area contributed by atoms with Gasteiger partial charge < -0.3 is 20.5 Å². The lowest BCUT2D eigenvalue weighted by molar-refractivity contribution is 0.0179. The van der Waals surface area contributed by atoms with E-state index in [2.05, 4.69) is 15.0 Å². The lowest BCUT2D eigenvalue weighted by Crippen LogP contribution is -2.28. The average Bonchev–Trinajstić information content (AvgIpc) is 3.41. The summed E-state index contributed by atoms with van der Waals surface area (Å²) in [5.41, 5.74) is 9.54. The molecule has 30 heavy (non-hydrogen) atoms. The molecule has 3 heterocycles. The van der Waals surface area contributed by atoms with E-state index in [9.17, 15) is 10.2 Å². The molecule has 3 aromatic heterocycles. The summed E-state index contributed by atoms with van der Waals surface area (Å²) in [6.45, 7) is 1.96. The molecule has 0 bridgehead atoms. The van der Waals surface area contributed by atoms with Crippen molar-refractivity contribution in [1.29, 1.82) is 0 Å². The van der Waals surface area contributed by atoms with E-state index < -0.39 is 12.2 Å². The van der Waals surface area contributed by atoms with Crippen LogP contribution in [0.25, 0.3) is 21.6 Å². The van der Waals surface area contributed by atoms with Crippen LogP contribution in [0, 0.1) is 6.92 Å². The van der Waals surface area contributed by atoms with Crippen molar-refractivity contribution in [2.24, 2.45) is 0 Å². The number of aromatic nitrogens is 4. The Bertz CT molecular complexity index is 1210. The molecule has 5 rings (SSSR count). The molecule has 1 fully saturated rings. The largest absolute Gasteiger partial charge is 0.390 e. The molecule has 0 radical (unpaired) electrons. The predicted molar refractivity (Wildman–Crippen MR) is 118 cm³/mol. The number of thiazole rings is 1. The molecule has 1 aliphatic carbocycles. The zero-order valence-corrected chi connectivity index (χ0v) is 17.7. The number of hydrogen-bond acceptors (Lipinski definition) is 7. The number of nitrogens with two attached hydrogens (primary N) is 1. The van der Waals surface area contributed by atoms with Crippen molar-refractivity contribution in [3.05, 3.63) is 58.4 Å². The van der Waals surface area contributed by atoms with Crippen LogP contribution in [0.3, 0.4) is 0 Å². The summed E-state index contributed by atoms with van der Waals surface area (Å²) in [5, 5.41) is 25.8. The first-order valence-corrected chi connectivity index (χ1v) is 10.8. The van der Waals surface area contributed by atoms with Crippen molar-refractivity contribution in [2.45, 2.75) is 37.5 Å². The summed E-state index contributed by atoms with van der Waals surface area (Å²) >= 11 is 7.73. The summed E-state index contributed by atoms with van der Waals surface area (Å²) in [4.78, 5) is 13.0. The summed E-state index contributed by atoms with van der Waals surface area (Å²) in [6, 6.07) is 5.35. The van der Waals surface area contributed by atoms with Gasteiger partial charge in [-0.25, -0.2) is 15.0 Å². The number of aliphatic hydroxyl groups excluding tert-OH is 2. The number of rotatable bonds is 3. The smallest absolute Gasteiger partial charge is 0.146 e. The Morgan fingerprint density at radius 3 is 2.73 bits per heavy atom. The molecule has 1 aromatic carbocycles. The highest BCUT2D eigenvalue weighted by atomic mass is 35.5. The standard InChI is InChI=1S/C21H20ClN5O2S/c1-10-4-11(6-12(22)5-10)13-7-15(18(29)17(13)28)27-8-14(21-24-2-3-30-21)16-19(23)25-9-26-20(16)27/h2-6,8-9,13,15,17-18,28-29H,7H2,1H3,(H2,23,25,26)/t13-,15-,17-,18+/m1/s1. The van der Waals surface area contributed by atoms with Crippen LogP contribution in [0.15, 0.2) is 42.3 Å². The number of halogens is 1. The van der Waals surface area contributed by atoms with Crippen LogP contribution < -0.4 is 5.73 Å². The number of benzene rings is 1. The van der Waals surface area contributed by atoms with Crippen LogP contribution >= 0.6 is 22.9 Å². The maximum Gasteiger partial charge on any atom is 0.146 e. The highest BCUT2D eigenvalue weighted by molar-refractivity contribution is 7.13. The molecule has 0 aliphatic heterocycles. The number of nitrogens with zero attached hydrogens (tertiary/aromatic N) is 4. The molecule has 0 unspecified atom stereocenters. The molecular weight excluding hydrogens is 422 g/mol. The fraction of sp³-hybridized carbons (Fsp3) is 0.286. The highest BCUT2D eigenvalue weighted by Crippen LogP contribution is 2.45. The molecule has 0 spiro atoms. The molecule has 4 N–H and O–H groups in total. The van der Waals surface area contributed by atoms with E-state index in [1.54, 1.807) is 6.20 Å². The quantitative estimate of drug-likeness (QED) is 0.448. The van der Waals surface area contributed by atoms with Crippen LogP contribution in [0.1, 0.15) is 29.5 Å². The van der Waals surface area contributed by atoms with E-state index in [0.717, 1.165) is 21.7 Å². The number of aliphatic hydroxyl groups is 2. The van der Waals surface area contributed by atoms with Gasteiger partial charge in [0.2, 0.25) is 0 Å². The third-order valence-electron chi connectivity index (χ3n) is 5.80. The Hall–Kier alpha value is -2.52. The molecule has 9 heteroatoms. The van der Waals surface area contributed by atoms with Crippen LogP contribution in [0.5, 0.6) is 0 Å². The average molecular weight is 442 g/mol. The van der Waals surface area contributed by atoms with Gasteiger partial charge in [0.05, 0.1) is 17.5 Å². The molecule has 4 aromatic rings. The summed E-state index contributed by atoms with van der Waals surface area (Å²) in [6.07, 6.45) is 3.69. The second kappa shape index (κ2) is 7.31. The van der Waals surface area contributed by atoms with E-state index in [4.69, 9.17) is 17.3 Å². The second-order valence-electron chi connectivity index (χ2n) is 7.70. The minimum absolute atomic E-state index is 0.248. The van der Waals surface area contributed by atoms with Gasteiger partial charge in [-0.2, -0.15) is 0 Å². The van der Waals surface area contributed by atoms with Crippen molar-refractivity contribution in [1.82, 2.24) is 19.5 Å². The zero-order chi connectivity index (χ0) is 21.0. The van der Waals surface area contributed by atoms with Crippen molar-refractivity contribution in [3.8, 4) is 10.6 Å². The van der Waals surface area contributed by atoms with Crippen molar-refractivity contribution < 1.29 is 10.2 Å². The Morgan fingerprint density at radius 2 is 2.00 bits per heavy atom. The van der Waals surface area contributed by atoms with Crippen LogP contribution in [0.4, 0.5) is 5.82 Å². The van der Waals surface area contributed by atoms with Crippen molar-refractivity contribution >= 4 is 39.8 Å². The summed E-state index contributed by atoms with van der Waals surface area (Å²) in [7, 11) is 0. The van der Waals surface area contributed by atoms with E-state index in [1.807, 2.05) is 41.3 Å². The third-order valence-corrected chi connectivity index (χ3v) is 6.83. The molecule has 1 saturated carbocycles. The van der Waals surface area contributed by atoms with Crippen LogP contribution in [-0.2, 0) is 0 Å². The lowest BCUT2D eigenvalue weighted by Gasteiger charge is -2.19. The Balaban J connectivity index is 1.61. The molecule has 4 atom stereocenters. The highest BCUT2D eigenvalue weighted by Gasteiger charge is 2.44. The van der Waals surface area contributed by atoms with Crippen molar-refractivity contribution in [2.75, 3.05) is 5.73 Å². The van der Waals surface area contributed by atoms with Crippen LogP contribution in [0.2, 0.25) is 5.02 Å². The van der Waals surface area contributed by atoms with Crippen molar-refractivity contribution in [3.63, 3.8) is 0 Å². The van der Waals surface area contributed by atoms with Gasteiger partial charge in [0.25, 0.3) is 0 Å². The van der Waals surface area contributed by atoms with Gasteiger partial charge in [-0.1, -0.05) is 17.7 Å². The Morgan fingerprint density at radius 1 is 1.17 bits per heavy atom. The van der Waals surface area contributed by atoms with E-state index in [1.165, 1.54) is 17.7 Å². The van der Waals surface area contributed by atoms with E-state index in [0.29, 0.717) is 28.3 Å². The number of hydrogen-bond donors (Lipinski definition) is 3. The molecule has 0 amide bonds. The number of nitrogen functional groups attached to an aromatic ring is 1. The fourth-order valence-electron chi connectivity index (χ4n) is 4.47. The maximum atomic E-state index is 11.0. The Labute approximate surface area is 181 Å². The molecule has 0 saturated heterocycles. The van der Waals surface area contributed by atoms with E-state index in [-0.39, 0.29) is 12.0 Å². The van der Waals surface area contributed by atoms with Gasteiger partial charge in [-0.15, -0.1) is 11.3 Å². The number of anilines is 1. The first-order chi connectivity index (χ1) is 14.4. The minimum Gasteiger partial charge on any atom is -0.390 e. The molecule has 1 aliphatic rings. The van der Waals surface area contributed by atoms with Crippen LogP contribution in [-0.4, -0.2) is 41.9 Å².